The van der Waals surface area contributed by atoms with Crippen LogP contribution in [0.1, 0.15) is 0 Å². The minimum Gasteiger partial charge on any atom is -0.441 e. The second-order valence-electron chi connectivity index (χ2n) is 3.04. The van der Waals surface area contributed by atoms with Crippen LogP contribution in [0, 0.1) is 0 Å². The molecule has 0 saturated carbocycles. The molecule has 7 nitrogen and oxygen atoms in total. The van der Waals surface area contributed by atoms with Gasteiger partial charge in [0, 0.05) is 0 Å². The maximum Gasteiger partial charge on any atom is 0.408 e. The van der Waals surface area contributed by atoms with Crippen molar-refractivity contribution >= 4 is 6.09 Å². The van der Waals surface area contributed by atoms with Crippen LogP contribution in [0.5, 0.6) is 0 Å². The zero-order chi connectivity index (χ0) is 10.7. The van der Waals surface area contributed by atoms with E-state index in [4.69, 9.17) is 15.3 Å². The summed E-state index contributed by atoms with van der Waals surface area (Å²) in [5.41, 5.74) is 0. The first-order valence-electron chi connectivity index (χ1n) is 4.15. The van der Waals surface area contributed by atoms with E-state index in [1.165, 1.54) is 0 Å². The van der Waals surface area contributed by atoms with Gasteiger partial charge in [-0.15, -0.1) is 0 Å². The zero-order valence-corrected chi connectivity index (χ0v) is 7.33. The fourth-order valence-corrected chi connectivity index (χ4v) is 1.26. The summed E-state index contributed by atoms with van der Waals surface area (Å²) >= 11 is 0. The van der Waals surface area contributed by atoms with E-state index in [1.807, 2.05) is 0 Å². The topological polar surface area (TPSA) is 119 Å². The first-order chi connectivity index (χ1) is 6.60. The van der Waals surface area contributed by atoms with Crippen LogP contribution in [0.4, 0.5) is 4.79 Å². The molecule has 82 valence electrons. The van der Waals surface area contributed by atoms with Gasteiger partial charge >= 0.3 is 6.09 Å². The summed E-state index contributed by atoms with van der Waals surface area (Å²) in [6, 6.07) is -0.765. The minimum absolute atomic E-state index is 0.411. The molecule has 0 aromatic rings. The molecule has 1 fully saturated rings. The molecular weight excluding hydrogens is 194 g/mol. The number of amides is 1. The lowest BCUT2D eigenvalue weighted by Gasteiger charge is -2.23. The fraction of sp³-hybridized carbons (Fsp3) is 0.857. The van der Waals surface area contributed by atoms with Gasteiger partial charge in [0.25, 0.3) is 0 Å². The number of aliphatic hydroxyl groups is 4. The lowest BCUT2D eigenvalue weighted by molar-refractivity contribution is -0.0766. The number of hydrogen-bond acceptors (Lipinski definition) is 6. The summed E-state index contributed by atoms with van der Waals surface area (Å²) in [4.78, 5) is 10.7. The van der Waals surface area contributed by atoms with Crippen molar-refractivity contribution in [3.05, 3.63) is 0 Å². The van der Waals surface area contributed by atoms with Gasteiger partial charge in [-0.1, -0.05) is 0 Å². The fourth-order valence-electron chi connectivity index (χ4n) is 1.26. The molecule has 1 aliphatic heterocycles. The van der Waals surface area contributed by atoms with Gasteiger partial charge in [-0.05, 0) is 0 Å². The Morgan fingerprint density at radius 2 is 2.07 bits per heavy atom. The standard InChI is InChI=1S/C7H13NO6/c9-1-3-6(14-7(13)8-3)5(12)4(11)2-10/h3-6,9-12H,1-2H2,(H,8,13)/t3-,4+,5-,6+/m0/s1. The maximum absolute atomic E-state index is 10.7. The molecule has 1 saturated heterocycles. The lowest BCUT2D eigenvalue weighted by Crippen LogP contribution is -2.47. The molecule has 0 bridgehead atoms. The summed E-state index contributed by atoms with van der Waals surface area (Å²) in [6.45, 7) is -1.06. The van der Waals surface area contributed by atoms with E-state index in [-0.39, 0.29) is 0 Å². The summed E-state index contributed by atoms with van der Waals surface area (Å²) in [7, 11) is 0. The van der Waals surface area contributed by atoms with Gasteiger partial charge in [-0.2, -0.15) is 0 Å². The molecule has 7 heteroatoms. The highest BCUT2D eigenvalue weighted by Crippen LogP contribution is 2.14. The summed E-state index contributed by atoms with van der Waals surface area (Å²) in [6.07, 6.45) is -4.63. The van der Waals surface area contributed by atoms with Gasteiger partial charge < -0.3 is 30.5 Å². The number of ether oxygens (including phenoxy) is 1. The molecule has 5 N–H and O–H groups in total. The molecule has 0 aromatic carbocycles. The highest BCUT2D eigenvalue weighted by molar-refractivity contribution is 5.70. The van der Waals surface area contributed by atoms with E-state index in [1.54, 1.807) is 0 Å². The van der Waals surface area contributed by atoms with Gasteiger partial charge in [-0.25, -0.2) is 4.79 Å². The van der Waals surface area contributed by atoms with E-state index in [9.17, 15) is 9.90 Å². The highest BCUT2D eigenvalue weighted by atomic mass is 16.6. The lowest BCUT2D eigenvalue weighted by atomic mass is 10.0. The van der Waals surface area contributed by atoms with Crippen LogP contribution in [0.2, 0.25) is 0 Å². The minimum atomic E-state index is -1.42. The Kier molecular flexibility index (Phi) is 3.64. The third kappa shape index (κ3) is 2.13. The molecule has 4 atom stereocenters. The third-order valence-electron chi connectivity index (χ3n) is 2.06. The zero-order valence-electron chi connectivity index (χ0n) is 7.33. The monoisotopic (exact) mass is 207 g/mol. The van der Waals surface area contributed by atoms with Crippen molar-refractivity contribution in [2.75, 3.05) is 13.2 Å². The normalized spacial score (nSPS) is 30.7. The first kappa shape index (κ1) is 11.2. The van der Waals surface area contributed by atoms with Gasteiger partial charge in [-0.3, -0.25) is 0 Å². The summed E-state index contributed by atoms with van der Waals surface area (Å²) < 4.78 is 4.62. The molecule has 0 aromatic heterocycles. The van der Waals surface area contributed by atoms with E-state index in [0.717, 1.165) is 0 Å². The predicted molar refractivity (Wildman–Crippen MR) is 43.4 cm³/mol. The number of aliphatic hydroxyl groups excluding tert-OH is 4. The van der Waals surface area contributed by atoms with E-state index < -0.39 is 43.7 Å². The average molecular weight is 207 g/mol. The van der Waals surface area contributed by atoms with Crippen molar-refractivity contribution in [1.82, 2.24) is 5.32 Å². The number of hydrogen-bond donors (Lipinski definition) is 5. The molecule has 0 spiro atoms. The van der Waals surface area contributed by atoms with Crippen LogP contribution < -0.4 is 5.32 Å². The Morgan fingerprint density at radius 3 is 2.57 bits per heavy atom. The Balaban J connectivity index is 2.61. The number of alkyl carbamates (subject to hydrolysis) is 1. The van der Waals surface area contributed by atoms with Crippen LogP contribution in [0.25, 0.3) is 0 Å². The Hall–Kier alpha value is -0.890. The summed E-state index contributed by atoms with van der Waals surface area (Å²) in [5, 5.41) is 38.1. The van der Waals surface area contributed by atoms with Gasteiger partial charge in [0.2, 0.25) is 0 Å². The van der Waals surface area contributed by atoms with Crippen LogP contribution in [0.3, 0.4) is 0 Å². The van der Waals surface area contributed by atoms with E-state index in [2.05, 4.69) is 10.1 Å². The number of rotatable bonds is 4. The first-order valence-corrected chi connectivity index (χ1v) is 4.15. The number of nitrogens with one attached hydrogen (secondary N) is 1. The van der Waals surface area contributed by atoms with Crippen molar-refractivity contribution in [1.29, 1.82) is 0 Å². The van der Waals surface area contributed by atoms with Crippen molar-refractivity contribution in [3.8, 4) is 0 Å². The van der Waals surface area contributed by atoms with Crippen LogP contribution in [-0.4, -0.2) is 64.1 Å². The Bertz CT molecular complexity index is 210. The predicted octanol–water partition coefficient (Wildman–Crippen LogP) is -2.83. The van der Waals surface area contributed by atoms with Gasteiger partial charge in [0.15, 0.2) is 6.10 Å². The smallest absolute Gasteiger partial charge is 0.408 e. The molecule has 0 aliphatic carbocycles. The second kappa shape index (κ2) is 4.56. The molecule has 0 unspecified atom stereocenters. The SMILES string of the molecule is O=C1N[C@@H](CO)[C@H]([C@@H](O)[C@H](O)CO)O1. The summed E-state index contributed by atoms with van der Waals surface area (Å²) in [5.74, 6) is 0. The number of cyclic esters (lactones) is 1. The molecule has 14 heavy (non-hydrogen) atoms. The van der Waals surface area contributed by atoms with E-state index in [0.29, 0.717) is 0 Å². The molecule has 0 radical (unpaired) electrons. The third-order valence-corrected chi connectivity index (χ3v) is 2.06. The molecule has 1 rings (SSSR count). The Labute approximate surface area is 79.9 Å². The molecular formula is C7H13NO6. The quantitative estimate of drug-likeness (QED) is 0.339. The van der Waals surface area contributed by atoms with Crippen LogP contribution in [0.15, 0.2) is 0 Å². The van der Waals surface area contributed by atoms with Crippen LogP contribution >= 0.6 is 0 Å². The van der Waals surface area contributed by atoms with Gasteiger partial charge in [0.1, 0.15) is 12.2 Å². The maximum atomic E-state index is 10.7. The Morgan fingerprint density at radius 1 is 1.43 bits per heavy atom. The number of carbonyl (C=O) groups excluding carboxylic acids is 1. The van der Waals surface area contributed by atoms with Crippen LogP contribution in [-0.2, 0) is 4.74 Å². The molecule has 1 heterocycles. The number of carbonyl (C=O) groups is 1. The van der Waals surface area contributed by atoms with Crippen molar-refractivity contribution < 1.29 is 30.0 Å². The molecule has 1 aliphatic rings. The van der Waals surface area contributed by atoms with Crippen molar-refractivity contribution in [3.63, 3.8) is 0 Å². The second-order valence-corrected chi connectivity index (χ2v) is 3.04. The van der Waals surface area contributed by atoms with Crippen molar-refractivity contribution in [2.24, 2.45) is 0 Å². The largest absolute Gasteiger partial charge is 0.441 e. The van der Waals surface area contributed by atoms with E-state index >= 15 is 0 Å². The average Bonchev–Trinajstić information content (AvgIpc) is 2.57. The highest BCUT2D eigenvalue weighted by Gasteiger charge is 2.41. The van der Waals surface area contributed by atoms with Crippen molar-refractivity contribution in [2.45, 2.75) is 24.4 Å². The van der Waals surface area contributed by atoms with Gasteiger partial charge in [0.05, 0.1) is 19.3 Å². The molecule has 1 amide bonds.